The number of amides is 4. The van der Waals surface area contributed by atoms with E-state index in [1.54, 1.807) is 35.7 Å². The first-order valence-electron chi connectivity index (χ1n) is 16.7. The Labute approximate surface area is 296 Å². The number of hydrogen-bond donors (Lipinski definition) is 2. The van der Waals surface area contributed by atoms with Crippen LogP contribution in [0.1, 0.15) is 63.5 Å². The molecule has 4 aliphatic heterocycles. The molecule has 252 valence electrons. The van der Waals surface area contributed by atoms with Crippen LogP contribution in [0.3, 0.4) is 0 Å². The fourth-order valence-corrected chi connectivity index (χ4v) is 10.0. The Morgan fingerprint density at radius 3 is 1.50 bits per heavy atom. The zero-order chi connectivity index (χ0) is 33.9. The van der Waals surface area contributed by atoms with E-state index in [1.807, 2.05) is 74.5 Å². The lowest BCUT2D eigenvalue weighted by molar-refractivity contribution is -0.154. The van der Waals surface area contributed by atoms with Crippen LogP contribution in [0.5, 0.6) is 0 Å². The number of fused-ring (bicyclic) bond motifs is 2. The van der Waals surface area contributed by atoms with E-state index in [4.69, 9.17) is 12.2 Å². The minimum absolute atomic E-state index is 0.104. The second kappa shape index (κ2) is 14.6. The second-order valence-corrected chi connectivity index (χ2v) is 15.9. The van der Waals surface area contributed by atoms with Crippen LogP contribution in [-0.2, 0) is 30.3 Å². The van der Waals surface area contributed by atoms with Crippen molar-refractivity contribution < 1.29 is 19.2 Å². The highest BCUT2D eigenvalue weighted by molar-refractivity contribution is 8.03. The molecule has 2 N–H and O–H groups in total. The first kappa shape index (κ1) is 34.5. The summed E-state index contributed by atoms with van der Waals surface area (Å²) < 4.78 is 0. The number of nitrogens with zero attached hydrogens (tertiary/aromatic N) is 2. The molecule has 8 nitrogen and oxygen atoms in total. The summed E-state index contributed by atoms with van der Waals surface area (Å²) >= 11 is 8.83. The Bertz CT molecular complexity index is 1530. The van der Waals surface area contributed by atoms with Crippen LogP contribution >= 0.6 is 35.7 Å². The second-order valence-electron chi connectivity index (χ2n) is 13.2. The molecule has 0 aliphatic carbocycles. The average molecular weight is 703 g/mol. The Kier molecular flexibility index (Phi) is 10.5. The predicted octanol–water partition coefficient (Wildman–Crippen LogP) is 5.85. The zero-order valence-electron chi connectivity index (χ0n) is 27.4. The van der Waals surface area contributed by atoms with Crippen LogP contribution in [0, 0.1) is 11.8 Å². The minimum atomic E-state index is -0.792. The van der Waals surface area contributed by atoms with E-state index >= 15 is 0 Å². The fourth-order valence-electron chi connectivity index (χ4n) is 7.42. The number of benzene rings is 2. The summed E-state index contributed by atoms with van der Waals surface area (Å²) in [5, 5.41) is 7.09. The molecule has 6 rings (SSSR count). The molecule has 2 fully saturated rings. The topological polar surface area (TPSA) is 98.8 Å². The molecule has 0 aromatic heterocycles. The highest BCUT2D eigenvalue weighted by Gasteiger charge is 2.48. The molecule has 2 saturated heterocycles. The third kappa shape index (κ3) is 6.73. The summed E-state index contributed by atoms with van der Waals surface area (Å²) in [4.78, 5) is 58.7. The molecule has 0 saturated carbocycles. The SMILES string of the molecule is CC(CCCNC(=S)NCCCC(C)(c1ccccc1)N1C(=O)C=C2SCCC2C1=O)(c1ccccc1)N1C(=O)C=C2SCCC2C1=O. The maximum Gasteiger partial charge on any atom is 0.254 e. The lowest BCUT2D eigenvalue weighted by Crippen LogP contribution is -2.54. The first-order chi connectivity index (χ1) is 23.1. The van der Waals surface area contributed by atoms with Crippen molar-refractivity contribution in [1.82, 2.24) is 20.4 Å². The summed E-state index contributed by atoms with van der Waals surface area (Å²) in [6.07, 6.45) is 7.36. The molecule has 4 unspecified atom stereocenters. The number of thioether (sulfide) groups is 2. The average Bonchev–Trinajstić information content (AvgIpc) is 3.76. The fraction of sp³-hybridized carbons (Fsp3) is 0.432. The van der Waals surface area contributed by atoms with Gasteiger partial charge in [0.2, 0.25) is 11.8 Å². The van der Waals surface area contributed by atoms with Gasteiger partial charge in [0.15, 0.2) is 5.11 Å². The molecule has 2 aromatic carbocycles. The van der Waals surface area contributed by atoms with E-state index in [0.717, 1.165) is 45.3 Å². The molecule has 0 radical (unpaired) electrons. The molecule has 11 heteroatoms. The predicted molar refractivity (Wildman–Crippen MR) is 196 cm³/mol. The molecule has 4 atom stereocenters. The Morgan fingerprint density at radius 2 is 1.10 bits per heavy atom. The molecule has 4 amide bonds. The van der Waals surface area contributed by atoms with Gasteiger partial charge >= 0.3 is 0 Å². The van der Waals surface area contributed by atoms with Gasteiger partial charge in [-0.2, -0.15) is 0 Å². The monoisotopic (exact) mass is 702 g/mol. The summed E-state index contributed by atoms with van der Waals surface area (Å²) in [7, 11) is 0. The number of imide groups is 2. The third-order valence-corrected chi connectivity index (χ3v) is 12.7. The maximum absolute atomic E-state index is 13.6. The van der Waals surface area contributed by atoms with Crippen LogP contribution in [0.15, 0.2) is 82.6 Å². The maximum atomic E-state index is 13.6. The van der Waals surface area contributed by atoms with Crippen LogP contribution in [-0.4, -0.2) is 63.1 Å². The van der Waals surface area contributed by atoms with Crippen LogP contribution in [0.4, 0.5) is 0 Å². The Balaban J connectivity index is 1.04. The summed E-state index contributed by atoms with van der Waals surface area (Å²) in [6.45, 7) is 5.10. The van der Waals surface area contributed by atoms with Crippen molar-refractivity contribution in [3.8, 4) is 0 Å². The standard InChI is InChI=1S/C37H42N4O4S3/c1-36(25-11-5-3-6-12-25,40-31(42)23-29-27(33(40)44)15-21-47-29)17-9-19-38-35(46)39-20-10-18-37(2,26-13-7-4-8-14-26)41-32(43)24-30-28(34(41)45)16-22-48-30/h3-8,11-14,23-24,27-28H,9-10,15-22H2,1-2H3,(H2,38,39,46). The van der Waals surface area contributed by atoms with Crippen molar-refractivity contribution in [2.24, 2.45) is 11.8 Å². The number of carbonyl (C=O) groups is 4. The van der Waals surface area contributed by atoms with E-state index in [-0.39, 0.29) is 35.5 Å². The minimum Gasteiger partial charge on any atom is -0.363 e. The van der Waals surface area contributed by atoms with E-state index in [2.05, 4.69) is 10.6 Å². The van der Waals surface area contributed by atoms with Gasteiger partial charge in [0.1, 0.15) is 0 Å². The van der Waals surface area contributed by atoms with E-state index in [9.17, 15) is 19.2 Å². The third-order valence-electron chi connectivity index (χ3n) is 10.1. The van der Waals surface area contributed by atoms with Crippen molar-refractivity contribution in [2.75, 3.05) is 24.6 Å². The number of thiocarbonyl (C=S) groups is 1. The molecule has 2 aromatic rings. The van der Waals surface area contributed by atoms with Crippen LogP contribution in [0.25, 0.3) is 0 Å². The Morgan fingerprint density at radius 1 is 0.708 bits per heavy atom. The van der Waals surface area contributed by atoms with Gasteiger partial charge in [-0.25, -0.2) is 0 Å². The smallest absolute Gasteiger partial charge is 0.254 e. The Hall–Kier alpha value is -3.41. The zero-order valence-corrected chi connectivity index (χ0v) is 29.9. The molecule has 0 bridgehead atoms. The molecule has 0 spiro atoms. The molecule has 4 aliphatic rings. The normalized spacial score (nSPS) is 23.1. The first-order valence-corrected chi connectivity index (χ1v) is 19.1. The lowest BCUT2D eigenvalue weighted by Gasteiger charge is -2.43. The number of nitrogens with one attached hydrogen (secondary N) is 2. The molecular formula is C37H42N4O4S3. The number of rotatable bonds is 12. The summed E-state index contributed by atoms with van der Waals surface area (Å²) in [6, 6.07) is 19.6. The number of carbonyl (C=O) groups excluding carboxylic acids is 4. The van der Waals surface area contributed by atoms with Crippen molar-refractivity contribution in [2.45, 2.75) is 63.5 Å². The largest absolute Gasteiger partial charge is 0.363 e. The highest BCUT2D eigenvalue weighted by atomic mass is 32.2. The van der Waals surface area contributed by atoms with Crippen molar-refractivity contribution in [1.29, 1.82) is 0 Å². The van der Waals surface area contributed by atoms with Crippen molar-refractivity contribution >= 4 is 64.5 Å². The van der Waals surface area contributed by atoms with Crippen molar-refractivity contribution in [3.63, 3.8) is 0 Å². The molecule has 4 heterocycles. The van der Waals surface area contributed by atoms with Gasteiger partial charge in [-0.3, -0.25) is 29.0 Å². The van der Waals surface area contributed by atoms with E-state index in [0.29, 0.717) is 43.9 Å². The van der Waals surface area contributed by atoms with Crippen LogP contribution in [0.2, 0.25) is 0 Å². The van der Waals surface area contributed by atoms with Gasteiger partial charge < -0.3 is 10.6 Å². The summed E-state index contributed by atoms with van der Waals surface area (Å²) in [5.74, 6) is 0.570. The van der Waals surface area contributed by atoms with E-state index < -0.39 is 11.1 Å². The van der Waals surface area contributed by atoms with Crippen molar-refractivity contribution in [3.05, 3.63) is 93.8 Å². The number of hydrogen-bond acceptors (Lipinski definition) is 7. The van der Waals surface area contributed by atoms with Crippen LogP contribution < -0.4 is 10.6 Å². The van der Waals surface area contributed by atoms with Gasteiger partial charge in [0.05, 0.1) is 22.9 Å². The van der Waals surface area contributed by atoms with Gasteiger partial charge in [-0.15, -0.1) is 23.5 Å². The van der Waals surface area contributed by atoms with E-state index in [1.165, 1.54) is 9.80 Å². The molecular weight excluding hydrogens is 661 g/mol. The lowest BCUT2D eigenvalue weighted by atomic mass is 9.83. The quantitative estimate of drug-likeness (QED) is 0.160. The van der Waals surface area contributed by atoms with Gasteiger partial charge in [0, 0.05) is 35.1 Å². The summed E-state index contributed by atoms with van der Waals surface area (Å²) in [5.41, 5.74) is 0.278. The van der Waals surface area contributed by atoms with Gasteiger partial charge in [0.25, 0.3) is 11.8 Å². The van der Waals surface area contributed by atoms with Gasteiger partial charge in [-0.05, 0) is 87.2 Å². The molecule has 48 heavy (non-hydrogen) atoms. The highest BCUT2D eigenvalue weighted by Crippen LogP contribution is 2.46. The van der Waals surface area contributed by atoms with Gasteiger partial charge in [-0.1, -0.05) is 60.7 Å².